The van der Waals surface area contributed by atoms with E-state index in [4.69, 9.17) is 0 Å². The molecular formula is C13H17NO2S. The van der Waals surface area contributed by atoms with Crippen molar-refractivity contribution in [3.05, 3.63) is 46.9 Å². The summed E-state index contributed by atoms with van der Waals surface area (Å²) >= 11 is 0. The van der Waals surface area contributed by atoms with E-state index >= 15 is 0 Å². The monoisotopic (exact) mass is 251 g/mol. The highest BCUT2D eigenvalue weighted by atomic mass is 32.2. The average molecular weight is 251 g/mol. The van der Waals surface area contributed by atoms with Crippen LogP contribution in [-0.4, -0.2) is 20.2 Å². The molecular weight excluding hydrogens is 234 g/mol. The summed E-state index contributed by atoms with van der Waals surface area (Å²) in [7, 11) is -2.96. The highest BCUT2D eigenvalue weighted by Crippen LogP contribution is 2.12. The molecule has 2 rings (SSSR count). The second-order valence-electron chi connectivity index (χ2n) is 4.27. The van der Waals surface area contributed by atoms with E-state index in [1.807, 2.05) is 12.1 Å². The minimum atomic E-state index is -2.96. The standard InChI is InChI=1S/C13H17NO2S/c1-2-11-5-3-4-6-12(11)9-14-13-7-8-17(15,16)10-13/h3-8,13-14H,2,9-10H2,1H3. The summed E-state index contributed by atoms with van der Waals surface area (Å²) in [5.41, 5.74) is 2.55. The Bertz CT molecular complexity index is 520. The third-order valence-electron chi connectivity index (χ3n) is 2.98. The van der Waals surface area contributed by atoms with Gasteiger partial charge in [-0.25, -0.2) is 8.42 Å². The van der Waals surface area contributed by atoms with Crippen LogP contribution >= 0.6 is 0 Å². The smallest absolute Gasteiger partial charge is 0.173 e. The number of hydrogen-bond acceptors (Lipinski definition) is 3. The molecule has 1 aromatic rings. The first kappa shape index (κ1) is 12.3. The Morgan fingerprint density at radius 1 is 1.29 bits per heavy atom. The van der Waals surface area contributed by atoms with Crippen LogP contribution in [0.4, 0.5) is 0 Å². The van der Waals surface area contributed by atoms with Crippen LogP contribution in [0.25, 0.3) is 0 Å². The van der Waals surface area contributed by atoms with Crippen LogP contribution in [0.3, 0.4) is 0 Å². The molecule has 1 aromatic carbocycles. The molecule has 0 saturated heterocycles. The Kier molecular flexibility index (Phi) is 3.64. The van der Waals surface area contributed by atoms with Crippen molar-refractivity contribution in [1.82, 2.24) is 5.32 Å². The van der Waals surface area contributed by atoms with Crippen molar-refractivity contribution in [2.75, 3.05) is 5.75 Å². The minimum absolute atomic E-state index is 0.0510. The number of rotatable bonds is 4. The zero-order chi connectivity index (χ0) is 12.3. The van der Waals surface area contributed by atoms with Crippen LogP contribution in [0.15, 0.2) is 35.7 Å². The first-order chi connectivity index (χ1) is 8.11. The van der Waals surface area contributed by atoms with Gasteiger partial charge in [0.15, 0.2) is 9.84 Å². The summed E-state index contributed by atoms with van der Waals surface area (Å²) in [5, 5.41) is 4.56. The number of aryl methyl sites for hydroxylation is 1. The number of sulfone groups is 1. The maximum atomic E-state index is 11.2. The molecule has 1 aliphatic rings. The molecule has 0 spiro atoms. The molecule has 1 unspecified atom stereocenters. The molecule has 0 aliphatic carbocycles. The van der Waals surface area contributed by atoms with Crippen molar-refractivity contribution in [1.29, 1.82) is 0 Å². The highest BCUT2D eigenvalue weighted by Gasteiger charge is 2.20. The summed E-state index contributed by atoms with van der Waals surface area (Å²) in [6.45, 7) is 2.84. The third kappa shape index (κ3) is 3.17. The highest BCUT2D eigenvalue weighted by molar-refractivity contribution is 7.94. The van der Waals surface area contributed by atoms with E-state index in [0.29, 0.717) is 6.54 Å². The molecule has 1 N–H and O–H groups in total. The molecule has 92 valence electrons. The fourth-order valence-corrected chi connectivity index (χ4v) is 3.29. The second-order valence-corrected chi connectivity index (χ2v) is 6.20. The lowest BCUT2D eigenvalue weighted by molar-refractivity contribution is 0.590. The predicted molar refractivity (Wildman–Crippen MR) is 69.4 cm³/mol. The minimum Gasteiger partial charge on any atom is -0.305 e. The summed E-state index contributed by atoms with van der Waals surface area (Å²) in [5.74, 6) is 0.182. The fraction of sp³-hybridized carbons (Fsp3) is 0.385. The van der Waals surface area contributed by atoms with E-state index in [2.05, 4.69) is 24.4 Å². The van der Waals surface area contributed by atoms with Gasteiger partial charge in [0.1, 0.15) is 0 Å². The first-order valence-electron chi connectivity index (χ1n) is 5.82. The average Bonchev–Trinajstić information content (AvgIpc) is 2.67. The van der Waals surface area contributed by atoms with E-state index < -0.39 is 9.84 Å². The topological polar surface area (TPSA) is 46.2 Å². The lowest BCUT2D eigenvalue weighted by atomic mass is 10.1. The summed E-state index contributed by atoms with van der Waals surface area (Å²) in [6, 6.07) is 8.18. The Balaban J connectivity index is 1.97. The quantitative estimate of drug-likeness (QED) is 0.885. The molecule has 1 aliphatic heterocycles. The van der Waals surface area contributed by atoms with Gasteiger partial charge >= 0.3 is 0 Å². The molecule has 0 amide bonds. The van der Waals surface area contributed by atoms with Crippen molar-refractivity contribution in [3.63, 3.8) is 0 Å². The molecule has 0 aromatic heterocycles. The first-order valence-corrected chi connectivity index (χ1v) is 7.53. The van der Waals surface area contributed by atoms with Gasteiger partial charge in [0.25, 0.3) is 0 Å². The lowest BCUT2D eigenvalue weighted by Gasteiger charge is -2.12. The maximum Gasteiger partial charge on any atom is 0.173 e. The van der Waals surface area contributed by atoms with Crippen molar-refractivity contribution in [2.45, 2.75) is 25.9 Å². The molecule has 0 radical (unpaired) electrons. The predicted octanol–water partition coefficient (Wildman–Crippen LogP) is 1.65. The molecule has 0 fully saturated rings. The van der Waals surface area contributed by atoms with Crippen LogP contribution in [0.2, 0.25) is 0 Å². The van der Waals surface area contributed by atoms with Crippen molar-refractivity contribution in [3.8, 4) is 0 Å². The molecule has 1 heterocycles. The van der Waals surface area contributed by atoms with Gasteiger partial charge in [0.05, 0.1) is 5.75 Å². The van der Waals surface area contributed by atoms with Crippen LogP contribution in [0, 0.1) is 0 Å². The van der Waals surface area contributed by atoms with Gasteiger partial charge in [0.2, 0.25) is 0 Å². The Hall–Kier alpha value is -1.13. The van der Waals surface area contributed by atoms with Gasteiger partial charge in [-0.2, -0.15) is 0 Å². The normalized spacial score (nSPS) is 21.8. The Morgan fingerprint density at radius 3 is 2.59 bits per heavy atom. The van der Waals surface area contributed by atoms with E-state index in [1.54, 1.807) is 6.08 Å². The zero-order valence-corrected chi connectivity index (χ0v) is 10.7. The van der Waals surface area contributed by atoms with Crippen LogP contribution < -0.4 is 5.32 Å². The van der Waals surface area contributed by atoms with Gasteiger partial charge < -0.3 is 5.32 Å². The van der Waals surface area contributed by atoms with Crippen molar-refractivity contribution >= 4 is 9.84 Å². The van der Waals surface area contributed by atoms with Crippen molar-refractivity contribution in [2.24, 2.45) is 0 Å². The lowest BCUT2D eigenvalue weighted by Crippen LogP contribution is -2.29. The van der Waals surface area contributed by atoms with E-state index in [9.17, 15) is 8.42 Å². The number of nitrogens with one attached hydrogen (secondary N) is 1. The van der Waals surface area contributed by atoms with Gasteiger partial charge in [-0.1, -0.05) is 37.3 Å². The van der Waals surface area contributed by atoms with Crippen molar-refractivity contribution < 1.29 is 8.42 Å². The molecule has 17 heavy (non-hydrogen) atoms. The van der Waals surface area contributed by atoms with Gasteiger partial charge in [0, 0.05) is 18.0 Å². The maximum absolute atomic E-state index is 11.2. The molecule has 3 nitrogen and oxygen atoms in total. The number of hydrogen-bond donors (Lipinski definition) is 1. The van der Waals surface area contributed by atoms with Gasteiger partial charge in [-0.05, 0) is 17.5 Å². The van der Waals surface area contributed by atoms with Crippen LogP contribution in [-0.2, 0) is 22.8 Å². The Morgan fingerprint density at radius 2 is 2.00 bits per heavy atom. The SMILES string of the molecule is CCc1ccccc1CNC1C=CS(=O)(=O)C1. The largest absolute Gasteiger partial charge is 0.305 e. The summed E-state index contributed by atoms with van der Waals surface area (Å²) in [6.07, 6.45) is 2.72. The van der Waals surface area contributed by atoms with E-state index in [-0.39, 0.29) is 11.8 Å². The van der Waals surface area contributed by atoms with Crippen LogP contribution in [0.1, 0.15) is 18.1 Å². The summed E-state index contributed by atoms with van der Waals surface area (Å²) < 4.78 is 22.5. The molecule has 4 heteroatoms. The fourth-order valence-electron chi connectivity index (χ4n) is 2.02. The Labute approximate surface area is 102 Å². The number of benzene rings is 1. The molecule has 1 atom stereocenters. The van der Waals surface area contributed by atoms with E-state index in [1.165, 1.54) is 16.5 Å². The second kappa shape index (κ2) is 5.02. The summed E-state index contributed by atoms with van der Waals surface area (Å²) in [4.78, 5) is 0. The van der Waals surface area contributed by atoms with Gasteiger partial charge in [-0.15, -0.1) is 0 Å². The molecule has 0 saturated carbocycles. The molecule has 0 bridgehead atoms. The zero-order valence-electron chi connectivity index (χ0n) is 9.89. The van der Waals surface area contributed by atoms with Crippen LogP contribution in [0.5, 0.6) is 0 Å². The van der Waals surface area contributed by atoms with E-state index in [0.717, 1.165) is 6.42 Å². The van der Waals surface area contributed by atoms with Gasteiger partial charge in [-0.3, -0.25) is 0 Å². The third-order valence-corrected chi connectivity index (χ3v) is 4.38.